The number of hydrogen-bond acceptors (Lipinski definition) is 5. The third-order valence-corrected chi connectivity index (χ3v) is 3.00. The highest BCUT2D eigenvalue weighted by molar-refractivity contribution is 5.55. The maximum absolute atomic E-state index is 9.91. The summed E-state index contributed by atoms with van der Waals surface area (Å²) in [6, 6.07) is 5.71. The highest BCUT2D eigenvalue weighted by atomic mass is 16.5. The quantitative estimate of drug-likeness (QED) is 0.873. The summed E-state index contributed by atoms with van der Waals surface area (Å²) < 4.78 is 16.8. The number of nitrogens with one attached hydrogen (secondary N) is 1. The monoisotopic (exact) mass is 295 g/mol. The third kappa shape index (κ3) is 5.44. The zero-order valence-corrected chi connectivity index (χ0v) is 13.0. The van der Waals surface area contributed by atoms with Crippen molar-refractivity contribution in [2.75, 3.05) is 31.7 Å². The molecular weight excluding hydrogens is 270 g/mol. The first-order chi connectivity index (χ1) is 9.94. The minimum atomic E-state index is -0.555. The maximum atomic E-state index is 9.91. The third-order valence-electron chi connectivity index (χ3n) is 3.00. The molecule has 1 heterocycles. The molecule has 1 unspecified atom stereocenters. The van der Waals surface area contributed by atoms with Crippen molar-refractivity contribution >= 4 is 5.69 Å². The molecule has 0 saturated heterocycles. The average molecular weight is 295 g/mol. The Labute approximate surface area is 126 Å². The van der Waals surface area contributed by atoms with E-state index in [-0.39, 0.29) is 5.60 Å². The van der Waals surface area contributed by atoms with E-state index in [1.165, 1.54) is 0 Å². The molecule has 0 aromatic heterocycles. The van der Waals surface area contributed by atoms with Gasteiger partial charge >= 0.3 is 0 Å². The number of hydrogen-bond donors (Lipinski definition) is 2. The maximum Gasteiger partial charge on any atom is 0.163 e. The van der Waals surface area contributed by atoms with E-state index >= 15 is 0 Å². The summed E-state index contributed by atoms with van der Waals surface area (Å²) in [6.45, 7) is 7.99. The molecule has 2 N–H and O–H groups in total. The van der Waals surface area contributed by atoms with E-state index in [1.54, 1.807) is 0 Å². The van der Waals surface area contributed by atoms with Crippen molar-refractivity contribution in [3.8, 4) is 11.5 Å². The molecule has 0 radical (unpaired) electrons. The van der Waals surface area contributed by atoms with Crippen LogP contribution in [0.4, 0.5) is 5.69 Å². The lowest BCUT2D eigenvalue weighted by molar-refractivity contribution is -0.0449. The van der Waals surface area contributed by atoms with Crippen LogP contribution in [0.3, 0.4) is 0 Å². The molecule has 1 aliphatic heterocycles. The minimum absolute atomic E-state index is 0.240. The van der Waals surface area contributed by atoms with Crippen LogP contribution in [0.5, 0.6) is 11.5 Å². The fourth-order valence-corrected chi connectivity index (χ4v) is 1.91. The van der Waals surface area contributed by atoms with Gasteiger partial charge in [-0.15, -0.1) is 0 Å². The van der Waals surface area contributed by atoms with Crippen molar-refractivity contribution in [3.05, 3.63) is 18.2 Å². The molecule has 21 heavy (non-hydrogen) atoms. The SMILES string of the molecule is CC(C)(C)OCC(O)CNc1ccc2c(c1)OCCCO2. The van der Waals surface area contributed by atoms with E-state index in [2.05, 4.69) is 5.32 Å². The van der Waals surface area contributed by atoms with E-state index in [1.807, 2.05) is 39.0 Å². The molecule has 1 aromatic carbocycles. The van der Waals surface area contributed by atoms with Gasteiger partial charge in [-0.3, -0.25) is 0 Å². The van der Waals surface area contributed by atoms with Gasteiger partial charge in [0.25, 0.3) is 0 Å². The molecule has 1 aromatic rings. The number of aliphatic hydroxyl groups is 1. The second-order valence-corrected chi connectivity index (χ2v) is 6.17. The molecular formula is C16H25NO4. The number of ether oxygens (including phenoxy) is 3. The van der Waals surface area contributed by atoms with E-state index in [0.29, 0.717) is 26.4 Å². The highest BCUT2D eigenvalue weighted by Gasteiger charge is 2.14. The van der Waals surface area contributed by atoms with Crippen molar-refractivity contribution in [1.29, 1.82) is 0 Å². The lowest BCUT2D eigenvalue weighted by Gasteiger charge is -2.22. The number of fused-ring (bicyclic) bond motifs is 1. The lowest BCUT2D eigenvalue weighted by atomic mass is 10.2. The van der Waals surface area contributed by atoms with Crippen molar-refractivity contribution in [1.82, 2.24) is 0 Å². The van der Waals surface area contributed by atoms with Gasteiger partial charge < -0.3 is 24.6 Å². The normalized spacial score (nSPS) is 16.2. The lowest BCUT2D eigenvalue weighted by Crippen LogP contribution is -2.30. The van der Waals surface area contributed by atoms with Gasteiger partial charge in [-0.05, 0) is 32.9 Å². The van der Waals surface area contributed by atoms with Crippen LogP contribution in [0, 0.1) is 0 Å². The molecule has 5 heteroatoms. The summed E-state index contributed by atoms with van der Waals surface area (Å²) in [5.74, 6) is 1.52. The fraction of sp³-hybridized carbons (Fsp3) is 0.625. The van der Waals surface area contributed by atoms with Crippen LogP contribution < -0.4 is 14.8 Å². The number of benzene rings is 1. The topological polar surface area (TPSA) is 60.0 Å². The first-order valence-corrected chi connectivity index (χ1v) is 7.39. The zero-order valence-electron chi connectivity index (χ0n) is 13.0. The first kappa shape index (κ1) is 15.9. The van der Waals surface area contributed by atoms with Gasteiger partial charge in [0.2, 0.25) is 0 Å². The predicted molar refractivity (Wildman–Crippen MR) is 82.3 cm³/mol. The van der Waals surface area contributed by atoms with E-state index in [4.69, 9.17) is 14.2 Å². The van der Waals surface area contributed by atoms with Gasteiger partial charge in [-0.1, -0.05) is 0 Å². The molecule has 0 amide bonds. The van der Waals surface area contributed by atoms with Crippen molar-refractivity contribution in [2.45, 2.75) is 38.9 Å². The smallest absolute Gasteiger partial charge is 0.163 e. The van der Waals surface area contributed by atoms with Crippen LogP contribution in [0.2, 0.25) is 0 Å². The molecule has 0 bridgehead atoms. The van der Waals surface area contributed by atoms with Crippen LogP contribution in [-0.2, 0) is 4.74 Å². The van der Waals surface area contributed by atoms with Gasteiger partial charge in [0.05, 0.1) is 31.5 Å². The zero-order chi connectivity index (χ0) is 15.3. The largest absolute Gasteiger partial charge is 0.490 e. The van der Waals surface area contributed by atoms with Gasteiger partial charge in [-0.2, -0.15) is 0 Å². The van der Waals surface area contributed by atoms with Crippen LogP contribution in [0.1, 0.15) is 27.2 Å². The van der Waals surface area contributed by atoms with Crippen molar-refractivity contribution in [3.63, 3.8) is 0 Å². The van der Waals surface area contributed by atoms with E-state index < -0.39 is 6.10 Å². The summed E-state index contributed by atoms with van der Waals surface area (Å²) >= 11 is 0. The van der Waals surface area contributed by atoms with Crippen LogP contribution in [0.25, 0.3) is 0 Å². The van der Waals surface area contributed by atoms with E-state index in [9.17, 15) is 5.11 Å². The van der Waals surface area contributed by atoms with Crippen molar-refractivity contribution < 1.29 is 19.3 Å². The Bertz CT molecular complexity index is 456. The summed E-state index contributed by atoms with van der Waals surface area (Å²) in [5.41, 5.74) is 0.657. The van der Waals surface area contributed by atoms with Gasteiger partial charge in [0.1, 0.15) is 0 Å². The molecule has 1 atom stereocenters. The Morgan fingerprint density at radius 2 is 1.95 bits per heavy atom. The molecule has 1 aliphatic rings. The second kappa shape index (κ2) is 7.00. The molecule has 0 saturated carbocycles. The van der Waals surface area contributed by atoms with Gasteiger partial charge in [0, 0.05) is 24.7 Å². The van der Waals surface area contributed by atoms with E-state index in [0.717, 1.165) is 23.6 Å². The Morgan fingerprint density at radius 3 is 2.67 bits per heavy atom. The Hall–Kier alpha value is -1.46. The predicted octanol–water partition coefficient (Wildman–Crippen LogP) is 2.44. The summed E-state index contributed by atoms with van der Waals surface area (Å²) in [4.78, 5) is 0. The Morgan fingerprint density at radius 1 is 1.24 bits per heavy atom. The standard InChI is InChI=1S/C16H25NO4/c1-16(2,3)21-11-13(18)10-17-12-5-6-14-15(9-12)20-8-4-7-19-14/h5-6,9,13,17-18H,4,7-8,10-11H2,1-3H3. The molecule has 0 spiro atoms. The summed E-state index contributed by atoms with van der Waals surface area (Å²) in [6.07, 6.45) is 0.334. The van der Waals surface area contributed by atoms with Crippen LogP contribution >= 0.6 is 0 Å². The Kier molecular flexibility index (Phi) is 5.31. The van der Waals surface area contributed by atoms with Gasteiger partial charge in [0.15, 0.2) is 11.5 Å². The number of aliphatic hydroxyl groups excluding tert-OH is 1. The number of rotatable bonds is 5. The Balaban J connectivity index is 1.84. The average Bonchev–Trinajstić information content (AvgIpc) is 2.66. The van der Waals surface area contributed by atoms with Gasteiger partial charge in [-0.25, -0.2) is 0 Å². The minimum Gasteiger partial charge on any atom is -0.490 e. The fourth-order valence-electron chi connectivity index (χ4n) is 1.91. The molecule has 5 nitrogen and oxygen atoms in total. The molecule has 118 valence electrons. The molecule has 0 aliphatic carbocycles. The summed E-state index contributed by atoms with van der Waals surface area (Å²) in [7, 11) is 0. The first-order valence-electron chi connectivity index (χ1n) is 7.39. The van der Waals surface area contributed by atoms with Crippen LogP contribution in [0.15, 0.2) is 18.2 Å². The highest BCUT2D eigenvalue weighted by Crippen LogP contribution is 2.32. The molecule has 0 fully saturated rings. The van der Waals surface area contributed by atoms with Crippen LogP contribution in [-0.4, -0.2) is 43.2 Å². The molecule has 2 rings (SSSR count). The summed E-state index contributed by atoms with van der Waals surface area (Å²) in [5, 5.41) is 13.1. The van der Waals surface area contributed by atoms with Crippen molar-refractivity contribution in [2.24, 2.45) is 0 Å². The second-order valence-electron chi connectivity index (χ2n) is 6.17. The number of anilines is 1.